The highest BCUT2D eigenvalue weighted by Crippen LogP contribution is 2.37. The average Bonchev–Trinajstić information content (AvgIpc) is 3.39. The molecule has 2 aromatic carbocycles. The van der Waals surface area contributed by atoms with Crippen LogP contribution in [0.3, 0.4) is 0 Å². The molecule has 1 aliphatic rings. The molecule has 1 heterocycles. The predicted molar refractivity (Wildman–Crippen MR) is 109 cm³/mol. The largest absolute Gasteiger partial charge is 0.329 e. The number of nitrogens with one attached hydrogen (secondary N) is 1. The summed E-state index contributed by atoms with van der Waals surface area (Å²) < 4.78 is 58.9. The molecule has 0 aliphatic heterocycles. The summed E-state index contributed by atoms with van der Waals surface area (Å²) in [5.41, 5.74) is -0.637. The zero-order valence-corrected chi connectivity index (χ0v) is 17.0. The Bertz CT molecular complexity index is 1300. The Hall–Kier alpha value is -2.85. The zero-order chi connectivity index (χ0) is 21.7. The van der Waals surface area contributed by atoms with Gasteiger partial charge in [-0.2, -0.15) is 0 Å². The molecule has 0 amide bonds. The van der Waals surface area contributed by atoms with Gasteiger partial charge in [-0.1, -0.05) is 6.07 Å². The van der Waals surface area contributed by atoms with Crippen molar-refractivity contribution in [2.45, 2.75) is 29.8 Å². The molecule has 1 aromatic heterocycles. The maximum absolute atomic E-state index is 14.1. The molecule has 1 N–H and O–H groups in total. The molecule has 10 heteroatoms. The van der Waals surface area contributed by atoms with Crippen LogP contribution < -0.4 is 10.4 Å². The fourth-order valence-corrected chi connectivity index (χ4v) is 5.02. The number of halogens is 2. The van der Waals surface area contributed by atoms with E-state index in [9.17, 15) is 22.0 Å². The van der Waals surface area contributed by atoms with E-state index in [1.54, 1.807) is 0 Å². The van der Waals surface area contributed by atoms with Crippen molar-refractivity contribution < 1.29 is 17.2 Å². The number of aryl methyl sites for hydroxylation is 1. The summed E-state index contributed by atoms with van der Waals surface area (Å²) in [5.74, 6) is -1.51. The van der Waals surface area contributed by atoms with Gasteiger partial charge in [0.1, 0.15) is 11.6 Å². The van der Waals surface area contributed by atoms with Crippen molar-refractivity contribution in [3.8, 4) is 0 Å². The van der Waals surface area contributed by atoms with Gasteiger partial charge in [-0.3, -0.25) is 14.1 Å². The fourth-order valence-electron chi connectivity index (χ4n) is 3.55. The number of sulfonamides is 1. The van der Waals surface area contributed by atoms with Gasteiger partial charge in [0, 0.05) is 12.6 Å². The first-order valence-electron chi connectivity index (χ1n) is 9.26. The summed E-state index contributed by atoms with van der Waals surface area (Å²) in [5, 5.41) is 0. The van der Waals surface area contributed by atoms with Crippen LogP contribution in [0.1, 0.15) is 18.4 Å². The lowest BCUT2D eigenvalue weighted by atomic mass is 10.2. The molecule has 30 heavy (non-hydrogen) atoms. The lowest BCUT2D eigenvalue weighted by molar-refractivity contribution is 0.542. The number of nitrogens with zero attached hydrogens (tertiary/aromatic N) is 3. The second-order valence-corrected chi connectivity index (χ2v) is 9.23. The molecule has 0 atom stereocenters. The van der Waals surface area contributed by atoms with Crippen molar-refractivity contribution in [3.63, 3.8) is 0 Å². The van der Waals surface area contributed by atoms with Crippen LogP contribution in [0.5, 0.6) is 0 Å². The molecule has 1 saturated carbocycles. The summed E-state index contributed by atoms with van der Waals surface area (Å²) in [7, 11) is -2.37. The summed E-state index contributed by atoms with van der Waals surface area (Å²) in [4.78, 5) is 16.5. The molecular weight excluding hydrogens is 414 g/mol. The lowest BCUT2D eigenvalue weighted by Gasteiger charge is -2.15. The number of aliphatic imine (C=N–C) groups is 1. The minimum Gasteiger partial charge on any atom is -0.299 e. The third kappa shape index (κ3) is 3.46. The van der Waals surface area contributed by atoms with Crippen molar-refractivity contribution >= 4 is 27.8 Å². The van der Waals surface area contributed by atoms with Crippen LogP contribution in [0.15, 0.2) is 51.1 Å². The molecule has 0 saturated heterocycles. The van der Waals surface area contributed by atoms with Crippen LogP contribution in [0.25, 0.3) is 11.0 Å². The summed E-state index contributed by atoms with van der Waals surface area (Å²) in [6.07, 6.45) is 1.35. The Labute approximate surface area is 171 Å². The molecule has 3 aromatic rings. The zero-order valence-electron chi connectivity index (χ0n) is 16.2. The first kappa shape index (κ1) is 20.4. The standard InChI is InChI=1S/C20H20F2N4O3S/c1-23-12-20(8-9-20)24-30(28,29)13-6-7-17-18(10-13)25(2)19(27)26(17)11-14-15(21)4-3-5-16(14)22/h3-7,10,24H,1,8-9,11-12H2,2H3. The van der Waals surface area contributed by atoms with Crippen LogP contribution in [0.2, 0.25) is 0 Å². The van der Waals surface area contributed by atoms with Gasteiger partial charge in [-0.15, -0.1) is 0 Å². The van der Waals surface area contributed by atoms with Crippen LogP contribution in [-0.2, 0) is 23.6 Å². The van der Waals surface area contributed by atoms with Gasteiger partial charge in [0.2, 0.25) is 10.0 Å². The number of benzene rings is 2. The van der Waals surface area contributed by atoms with Gasteiger partial charge < -0.3 is 0 Å². The molecule has 0 bridgehead atoms. The number of hydrogen-bond acceptors (Lipinski definition) is 4. The second kappa shape index (κ2) is 7.13. The van der Waals surface area contributed by atoms with Crippen molar-refractivity contribution in [2.24, 2.45) is 12.0 Å². The van der Waals surface area contributed by atoms with Gasteiger partial charge in [-0.05, 0) is 49.9 Å². The molecule has 0 radical (unpaired) electrons. The lowest BCUT2D eigenvalue weighted by Crippen LogP contribution is -2.39. The van der Waals surface area contributed by atoms with Crippen molar-refractivity contribution in [3.05, 3.63) is 64.1 Å². The molecule has 1 aliphatic carbocycles. The maximum Gasteiger partial charge on any atom is 0.329 e. The van der Waals surface area contributed by atoms with Crippen LogP contribution in [-0.4, -0.2) is 36.4 Å². The predicted octanol–water partition coefficient (Wildman–Crippen LogP) is 2.18. The number of hydrogen-bond donors (Lipinski definition) is 1. The van der Waals surface area contributed by atoms with Gasteiger partial charge >= 0.3 is 5.69 Å². The van der Waals surface area contributed by atoms with E-state index in [1.165, 1.54) is 40.4 Å². The highest BCUT2D eigenvalue weighted by Gasteiger charge is 2.45. The Kier molecular flexibility index (Phi) is 4.86. The van der Waals surface area contributed by atoms with E-state index in [4.69, 9.17) is 0 Å². The number of aromatic nitrogens is 2. The number of rotatable bonds is 7. The van der Waals surface area contributed by atoms with Gasteiger partial charge in [0.05, 0.1) is 34.6 Å². The molecule has 7 nitrogen and oxygen atoms in total. The Balaban J connectivity index is 1.76. The van der Waals surface area contributed by atoms with Crippen LogP contribution >= 0.6 is 0 Å². The van der Waals surface area contributed by atoms with E-state index >= 15 is 0 Å². The Morgan fingerprint density at radius 1 is 1.17 bits per heavy atom. The first-order valence-corrected chi connectivity index (χ1v) is 10.7. The van der Waals surface area contributed by atoms with E-state index in [1.807, 2.05) is 0 Å². The smallest absolute Gasteiger partial charge is 0.299 e. The van der Waals surface area contributed by atoms with Gasteiger partial charge in [0.25, 0.3) is 0 Å². The highest BCUT2D eigenvalue weighted by molar-refractivity contribution is 7.89. The van der Waals surface area contributed by atoms with Gasteiger partial charge in [0.15, 0.2) is 0 Å². The molecule has 158 valence electrons. The minimum atomic E-state index is -3.84. The van der Waals surface area contributed by atoms with Crippen LogP contribution in [0.4, 0.5) is 8.78 Å². The van der Waals surface area contributed by atoms with E-state index in [-0.39, 0.29) is 23.5 Å². The van der Waals surface area contributed by atoms with Crippen molar-refractivity contribution in [1.29, 1.82) is 0 Å². The van der Waals surface area contributed by atoms with Crippen LogP contribution in [0, 0.1) is 11.6 Å². The Morgan fingerprint density at radius 2 is 1.83 bits per heavy atom. The molecule has 4 rings (SSSR count). The highest BCUT2D eigenvalue weighted by atomic mass is 32.2. The second-order valence-electron chi connectivity index (χ2n) is 7.55. The van der Waals surface area contributed by atoms with Crippen molar-refractivity contribution in [1.82, 2.24) is 13.9 Å². The van der Waals surface area contributed by atoms with E-state index in [2.05, 4.69) is 16.4 Å². The molecular formula is C20H20F2N4O3S. The van der Waals surface area contributed by atoms with E-state index in [0.29, 0.717) is 23.9 Å². The third-order valence-electron chi connectivity index (χ3n) is 5.42. The average molecular weight is 434 g/mol. The van der Waals surface area contributed by atoms with Gasteiger partial charge in [-0.25, -0.2) is 26.7 Å². The minimum absolute atomic E-state index is 0.00448. The number of fused-ring (bicyclic) bond motifs is 1. The summed E-state index contributed by atoms with van der Waals surface area (Å²) in [6, 6.07) is 7.71. The molecule has 1 fully saturated rings. The first-order chi connectivity index (χ1) is 14.2. The summed E-state index contributed by atoms with van der Waals surface area (Å²) in [6.45, 7) is 3.40. The quantitative estimate of drug-likeness (QED) is 0.579. The molecule has 0 unspecified atom stereocenters. The Morgan fingerprint density at radius 3 is 2.43 bits per heavy atom. The van der Waals surface area contributed by atoms with E-state index in [0.717, 1.165) is 12.1 Å². The fraction of sp³-hybridized carbons (Fsp3) is 0.300. The SMILES string of the molecule is C=NCC1(NS(=O)(=O)c2ccc3c(c2)n(C)c(=O)n3Cc2c(F)cccc2F)CC1. The van der Waals surface area contributed by atoms with E-state index < -0.39 is 32.9 Å². The third-order valence-corrected chi connectivity index (χ3v) is 7.00. The number of imidazole rings is 1. The van der Waals surface area contributed by atoms with Crippen molar-refractivity contribution in [2.75, 3.05) is 6.54 Å². The maximum atomic E-state index is 14.1. The topological polar surface area (TPSA) is 85.5 Å². The monoisotopic (exact) mass is 434 g/mol. The molecule has 0 spiro atoms. The summed E-state index contributed by atoms with van der Waals surface area (Å²) >= 11 is 0. The normalized spacial score (nSPS) is 15.4.